The van der Waals surface area contributed by atoms with E-state index >= 15 is 0 Å². The van der Waals surface area contributed by atoms with E-state index in [1.165, 1.54) is 37.7 Å². The average molecular weight is 352 g/mol. The lowest BCUT2D eigenvalue weighted by atomic mass is 9.99. The van der Waals surface area contributed by atoms with Gasteiger partial charge in [-0.05, 0) is 77.2 Å². The molecule has 0 radical (unpaired) electrons. The summed E-state index contributed by atoms with van der Waals surface area (Å²) in [4.78, 5) is 0. The summed E-state index contributed by atoms with van der Waals surface area (Å²) in [6.07, 6.45) is 6.94. The Hall–Kier alpha value is -0.540. The lowest BCUT2D eigenvalue weighted by molar-refractivity contribution is 0.410. The van der Waals surface area contributed by atoms with Crippen molar-refractivity contribution in [2.75, 3.05) is 13.7 Å². The number of rotatable bonds is 6. The lowest BCUT2D eigenvalue weighted by Gasteiger charge is -2.20. The van der Waals surface area contributed by atoms with E-state index in [2.05, 4.69) is 46.4 Å². The first-order valence-corrected chi connectivity index (χ1v) is 9.12. The predicted octanol–water partition coefficient (Wildman–Crippen LogP) is 4.93. The number of methoxy groups -OCH3 is 1. The molecule has 3 unspecified atom stereocenters. The maximum atomic E-state index is 5.36. The normalized spacial score (nSPS) is 28.8. The maximum absolute atomic E-state index is 5.36. The minimum atomic E-state index is 0.514. The molecule has 0 aromatic heterocycles. The van der Waals surface area contributed by atoms with Crippen LogP contribution in [0, 0.1) is 17.8 Å². The van der Waals surface area contributed by atoms with Crippen LogP contribution in [0.25, 0.3) is 0 Å². The van der Waals surface area contributed by atoms with Crippen LogP contribution in [0.3, 0.4) is 0 Å². The summed E-state index contributed by atoms with van der Waals surface area (Å²) in [5.41, 5.74) is 1.41. The molecule has 0 bridgehead atoms. The number of benzene rings is 1. The molecule has 0 heterocycles. The van der Waals surface area contributed by atoms with E-state index in [1.807, 2.05) is 0 Å². The van der Waals surface area contributed by atoms with Gasteiger partial charge in [-0.15, -0.1) is 0 Å². The highest BCUT2D eigenvalue weighted by Gasteiger charge is 2.54. The Labute approximate surface area is 136 Å². The van der Waals surface area contributed by atoms with Crippen LogP contribution in [-0.4, -0.2) is 13.7 Å². The van der Waals surface area contributed by atoms with Gasteiger partial charge in [0, 0.05) is 6.04 Å². The van der Waals surface area contributed by atoms with Crippen molar-refractivity contribution in [1.29, 1.82) is 0 Å². The number of ether oxygens (including phenoxy) is 1. The maximum Gasteiger partial charge on any atom is 0.133 e. The molecule has 1 aromatic carbocycles. The van der Waals surface area contributed by atoms with Crippen LogP contribution in [0.4, 0.5) is 0 Å². The highest BCUT2D eigenvalue weighted by atomic mass is 79.9. The first kappa shape index (κ1) is 15.4. The Morgan fingerprint density at radius 1 is 1.29 bits per heavy atom. The first-order chi connectivity index (χ1) is 10.3. The minimum absolute atomic E-state index is 0.514. The quantitative estimate of drug-likeness (QED) is 0.783. The zero-order chi connectivity index (χ0) is 14.8. The summed E-state index contributed by atoms with van der Waals surface area (Å²) in [5.74, 6) is 3.70. The second-order valence-corrected chi connectivity index (χ2v) is 7.37. The van der Waals surface area contributed by atoms with E-state index < -0.39 is 0 Å². The predicted molar refractivity (Wildman–Crippen MR) is 90.7 cm³/mol. The van der Waals surface area contributed by atoms with Gasteiger partial charge in [0.05, 0.1) is 11.6 Å². The Balaban J connectivity index is 1.80. The summed E-state index contributed by atoms with van der Waals surface area (Å²) >= 11 is 3.64. The third-order valence-corrected chi connectivity index (χ3v) is 5.88. The molecule has 21 heavy (non-hydrogen) atoms. The minimum Gasteiger partial charge on any atom is -0.496 e. The molecule has 3 heteroatoms. The van der Waals surface area contributed by atoms with Crippen LogP contribution in [0.5, 0.6) is 5.75 Å². The van der Waals surface area contributed by atoms with Crippen LogP contribution < -0.4 is 10.1 Å². The first-order valence-electron chi connectivity index (χ1n) is 8.33. The van der Waals surface area contributed by atoms with Crippen molar-refractivity contribution in [3.63, 3.8) is 0 Å². The lowest BCUT2D eigenvalue weighted by Crippen LogP contribution is -2.25. The van der Waals surface area contributed by atoms with Gasteiger partial charge in [-0.1, -0.05) is 25.8 Å². The fourth-order valence-corrected chi connectivity index (χ4v) is 4.75. The third-order valence-electron chi connectivity index (χ3n) is 5.26. The molecule has 0 aliphatic heterocycles. The van der Waals surface area contributed by atoms with Gasteiger partial charge in [0.1, 0.15) is 5.75 Å². The zero-order valence-electron chi connectivity index (χ0n) is 13.1. The molecule has 0 spiro atoms. The van der Waals surface area contributed by atoms with Crippen molar-refractivity contribution in [2.24, 2.45) is 17.8 Å². The highest BCUT2D eigenvalue weighted by Crippen LogP contribution is 2.60. The van der Waals surface area contributed by atoms with Crippen molar-refractivity contribution >= 4 is 15.9 Å². The highest BCUT2D eigenvalue weighted by molar-refractivity contribution is 9.10. The van der Waals surface area contributed by atoms with Gasteiger partial charge in [-0.25, -0.2) is 0 Å². The fraction of sp³-hybridized carbons (Fsp3) is 0.667. The Morgan fingerprint density at radius 2 is 2.00 bits per heavy atom. The molecule has 2 aliphatic rings. The van der Waals surface area contributed by atoms with E-state index in [0.717, 1.165) is 34.5 Å². The van der Waals surface area contributed by atoms with Crippen molar-refractivity contribution in [1.82, 2.24) is 5.32 Å². The van der Waals surface area contributed by atoms with Gasteiger partial charge in [-0.2, -0.15) is 0 Å². The average Bonchev–Trinajstić information content (AvgIpc) is 3.22. The Bertz CT molecular complexity index is 478. The van der Waals surface area contributed by atoms with Gasteiger partial charge in [-0.3, -0.25) is 0 Å². The summed E-state index contributed by atoms with van der Waals surface area (Å²) < 4.78 is 6.43. The van der Waals surface area contributed by atoms with E-state index in [1.54, 1.807) is 7.11 Å². The molecule has 3 rings (SSSR count). The molecule has 2 saturated carbocycles. The number of fused-ring (bicyclic) bond motifs is 1. The molecule has 2 nitrogen and oxygen atoms in total. The van der Waals surface area contributed by atoms with Gasteiger partial charge < -0.3 is 10.1 Å². The second kappa shape index (κ2) is 6.70. The molecule has 1 aromatic rings. The SMILES string of the molecule is CCCNC(c1ccc(OC)c(Br)c1)C1C2CCCCC21. The van der Waals surface area contributed by atoms with Crippen LogP contribution in [0.1, 0.15) is 50.6 Å². The van der Waals surface area contributed by atoms with Crippen molar-refractivity contribution in [3.05, 3.63) is 28.2 Å². The largest absolute Gasteiger partial charge is 0.496 e. The molecule has 2 fully saturated rings. The van der Waals surface area contributed by atoms with E-state index in [4.69, 9.17) is 4.74 Å². The van der Waals surface area contributed by atoms with Gasteiger partial charge >= 0.3 is 0 Å². The molecular weight excluding hydrogens is 326 g/mol. The van der Waals surface area contributed by atoms with Gasteiger partial charge in [0.15, 0.2) is 0 Å². The zero-order valence-corrected chi connectivity index (χ0v) is 14.7. The smallest absolute Gasteiger partial charge is 0.133 e. The molecule has 0 saturated heterocycles. The molecular formula is C18H26BrNO. The van der Waals surface area contributed by atoms with E-state index in [0.29, 0.717) is 6.04 Å². The standard InChI is InChI=1S/C18H26BrNO/c1-3-10-20-18(17-13-6-4-5-7-14(13)17)12-8-9-16(21-2)15(19)11-12/h8-9,11,13-14,17-18,20H,3-7,10H2,1-2H3. The third kappa shape index (κ3) is 3.14. The molecule has 2 aliphatic carbocycles. The monoisotopic (exact) mass is 351 g/mol. The van der Waals surface area contributed by atoms with E-state index in [-0.39, 0.29) is 0 Å². The molecule has 0 amide bonds. The van der Waals surface area contributed by atoms with Crippen molar-refractivity contribution in [3.8, 4) is 5.75 Å². The second-order valence-electron chi connectivity index (χ2n) is 6.52. The Kier molecular flexibility index (Phi) is 4.90. The number of hydrogen-bond donors (Lipinski definition) is 1. The fourth-order valence-electron chi connectivity index (χ4n) is 4.19. The molecule has 3 atom stereocenters. The van der Waals surface area contributed by atoms with Crippen LogP contribution in [0.15, 0.2) is 22.7 Å². The topological polar surface area (TPSA) is 21.3 Å². The number of halogens is 1. The van der Waals surface area contributed by atoms with Crippen molar-refractivity contribution < 1.29 is 4.74 Å². The Morgan fingerprint density at radius 3 is 2.57 bits per heavy atom. The molecule has 1 N–H and O–H groups in total. The van der Waals surface area contributed by atoms with E-state index in [9.17, 15) is 0 Å². The van der Waals surface area contributed by atoms with Gasteiger partial charge in [0.2, 0.25) is 0 Å². The summed E-state index contributed by atoms with van der Waals surface area (Å²) in [5, 5.41) is 3.81. The summed E-state index contributed by atoms with van der Waals surface area (Å²) in [7, 11) is 1.72. The number of hydrogen-bond acceptors (Lipinski definition) is 2. The van der Waals surface area contributed by atoms with Crippen molar-refractivity contribution in [2.45, 2.75) is 45.1 Å². The van der Waals surface area contributed by atoms with Crippen LogP contribution in [0.2, 0.25) is 0 Å². The number of nitrogens with one attached hydrogen (secondary N) is 1. The van der Waals surface area contributed by atoms with Crippen LogP contribution >= 0.6 is 15.9 Å². The summed E-state index contributed by atoms with van der Waals surface area (Å²) in [6, 6.07) is 7.09. The molecule has 116 valence electrons. The van der Waals surface area contributed by atoms with Gasteiger partial charge in [0.25, 0.3) is 0 Å². The van der Waals surface area contributed by atoms with Crippen LogP contribution in [-0.2, 0) is 0 Å². The summed E-state index contributed by atoms with van der Waals surface area (Å²) in [6.45, 7) is 3.35.